The Hall–Kier alpha value is -2.37. The van der Waals surface area contributed by atoms with Crippen LogP contribution in [0, 0.1) is 13.8 Å². The van der Waals surface area contributed by atoms with E-state index in [0.29, 0.717) is 18.0 Å². The molecular weight excluding hydrogens is 268 g/mol. The predicted octanol–water partition coefficient (Wildman–Crippen LogP) is 1.72. The Labute approximate surface area is 124 Å². The van der Waals surface area contributed by atoms with Crippen LogP contribution in [-0.4, -0.2) is 33.8 Å². The van der Waals surface area contributed by atoms with Crippen molar-refractivity contribution in [3.8, 4) is 5.75 Å². The molecule has 2 aromatic rings. The van der Waals surface area contributed by atoms with Crippen molar-refractivity contribution in [2.45, 2.75) is 33.4 Å². The van der Waals surface area contributed by atoms with Crippen LogP contribution >= 0.6 is 0 Å². The number of aryl methyl sites for hydroxylation is 2. The van der Waals surface area contributed by atoms with E-state index in [4.69, 9.17) is 4.74 Å². The summed E-state index contributed by atoms with van der Waals surface area (Å²) in [5.74, 6) is 0.393. The molecule has 0 saturated carbocycles. The van der Waals surface area contributed by atoms with E-state index in [1.807, 2.05) is 31.5 Å². The van der Waals surface area contributed by atoms with Gasteiger partial charge in [-0.1, -0.05) is 0 Å². The Balaban J connectivity index is 2.00. The summed E-state index contributed by atoms with van der Waals surface area (Å²) in [5.41, 5.74) is 2.39. The quantitative estimate of drug-likeness (QED) is 0.909. The van der Waals surface area contributed by atoms with E-state index in [1.165, 1.54) is 0 Å². The fourth-order valence-corrected chi connectivity index (χ4v) is 2.12. The highest BCUT2D eigenvalue weighted by molar-refractivity contribution is 5.92. The third kappa shape index (κ3) is 3.81. The highest BCUT2D eigenvalue weighted by Gasteiger charge is 2.13. The molecule has 21 heavy (non-hydrogen) atoms. The van der Waals surface area contributed by atoms with Crippen molar-refractivity contribution in [3.63, 3.8) is 0 Å². The lowest BCUT2D eigenvalue weighted by Crippen LogP contribution is -2.36. The molecule has 0 aliphatic rings. The van der Waals surface area contributed by atoms with Gasteiger partial charge in [0.1, 0.15) is 11.4 Å². The molecule has 1 atom stereocenters. The molecule has 0 spiro atoms. The van der Waals surface area contributed by atoms with Crippen molar-refractivity contribution in [1.29, 1.82) is 0 Å². The van der Waals surface area contributed by atoms with Crippen molar-refractivity contribution < 1.29 is 9.53 Å². The van der Waals surface area contributed by atoms with E-state index in [2.05, 4.69) is 15.4 Å². The highest BCUT2D eigenvalue weighted by atomic mass is 16.5. The average molecular weight is 288 g/mol. The largest absolute Gasteiger partial charge is 0.497 e. The number of nitrogens with one attached hydrogen (secondary N) is 1. The third-order valence-electron chi connectivity index (χ3n) is 3.13. The second-order valence-electron chi connectivity index (χ2n) is 5.06. The molecule has 6 nitrogen and oxygen atoms in total. The molecule has 2 aromatic heterocycles. The molecule has 6 heteroatoms. The molecule has 0 unspecified atom stereocenters. The molecule has 1 amide bonds. The van der Waals surface area contributed by atoms with E-state index in [9.17, 15) is 4.79 Å². The number of pyridine rings is 1. The standard InChI is InChI=1S/C15H20N4O2/c1-10-7-12(3)19(18-10)9-11(2)17-15(20)14-8-13(21-4)5-6-16-14/h5-8,11H,9H2,1-4H3,(H,17,20)/t11-/m1/s1. The first kappa shape index (κ1) is 15.0. The van der Waals surface area contributed by atoms with Crippen molar-refractivity contribution in [3.05, 3.63) is 41.5 Å². The van der Waals surface area contributed by atoms with Gasteiger partial charge in [-0.3, -0.25) is 14.5 Å². The fourth-order valence-electron chi connectivity index (χ4n) is 2.12. The van der Waals surface area contributed by atoms with E-state index in [0.717, 1.165) is 11.4 Å². The van der Waals surface area contributed by atoms with Crippen LogP contribution in [0.1, 0.15) is 28.8 Å². The molecule has 112 valence electrons. The van der Waals surface area contributed by atoms with Crippen LogP contribution in [0.5, 0.6) is 5.75 Å². The van der Waals surface area contributed by atoms with Gasteiger partial charge in [-0.25, -0.2) is 0 Å². The van der Waals surface area contributed by atoms with Gasteiger partial charge in [0.25, 0.3) is 5.91 Å². The smallest absolute Gasteiger partial charge is 0.270 e. The van der Waals surface area contributed by atoms with Crippen molar-refractivity contribution in [2.24, 2.45) is 0 Å². The van der Waals surface area contributed by atoms with Gasteiger partial charge < -0.3 is 10.1 Å². The van der Waals surface area contributed by atoms with Gasteiger partial charge in [0, 0.05) is 24.0 Å². The van der Waals surface area contributed by atoms with Gasteiger partial charge in [0.05, 0.1) is 19.3 Å². The van der Waals surface area contributed by atoms with E-state index >= 15 is 0 Å². The normalized spacial score (nSPS) is 12.0. The lowest BCUT2D eigenvalue weighted by atomic mass is 10.2. The second kappa shape index (κ2) is 6.39. The van der Waals surface area contributed by atoms with Crippen LogP contribution in [0.2, 0.25) is 0 Å². The third-order valence-corrected chi connectivity index (χ3v) is 3.13. The van der Waals surface area contributed by atoms with Crippen LogP contribution < -0.4 is 10.1 Å². The number of aromatic nitrogens is 3. The number of carbonyl (C=O) groups is 1. The van der Waals surface area contributed by atoms with Gasteiger partial charge in [0.15, 0.2) is 0 Å². The molecule has 0 aliphatic carbocycles. The van der Waals surface area contributed by atoms with Gasteiger partial charge in [0.2, 0.25) is 0 Å². The zero-order chi connectivity index (χ0) is 15.4. The zero-order valence-corrected chi connectivity index (χ0v) is 12.8. The van der Waals surface area contributed by atoms with Gasteiger partial charge >= 0.3 is 0 Å². The number of hydrogen-bond acceptors (Lipinski definition) is 4. The summed E-state index contributed by atoms with van der Waals surface area (Å²) in [5, 5.41) is 7.30. The molecule has 0 aliphatic heterocycles. The minimum Gasteiger partial charge on any atom is -0.497 e. The molecule has 0 bridgehead atoms. The topological polar surface area (TPSA) is 69.0 Å². The van der Waals surface area contributed by atoms with Crippen LogP contribution in [0.4, 0.5) is 0 Å². The van der Waals surface area contributed by atoms with Crippen molar-refractivity contribution in [2.75, 3.05) is 7.11 Å². The molecule has 0 aromatic carbocycles. The molecule has 0 saturated heterocycles. The molecular formula is C15H20N4O2. The maximum atomic E-state index is 12.1. The number of carbonyl (C=O) groups excluding carboxylic acids is 1. The lowest BCUT2D eigenvalue weighted by molar-refractivity contribution is 0.0930. The maximum Gasteiger partial charge on any atom is 0.270 e. The van der Waals surface area contributed by atoms with Gasteiger partial charge in [-0.15, -0.1) is 0 Å². The van der Waals surface area contributed by atoms with Gasteiger partial charge in [-0.2, -0.15) is 5.10 Å². The fraction of sp³-hybridized carbons (Fsp3) is 0.400. The van der Waals surface area contributed by atoms with Crippen molar-refractivity contribution >= 4 is 5.91 Å². The Morgan fingerprint density at radius 2 is 2.19 bits per heavy atom. The Kier molecular flexibility index (Phi) is 4.57. The SMILES string of the molecule is COc1ccnc(C(=O)N[C@H](C)Cn2nc(C)cc2C)c1. The van der Waals surface area contributed by atoms with Gasteiger partial charge in [-0.05, 0) is 32.9 Å². The Morgan fingerprint density at radius 3 is 2.81 bits per heavy atom. The van der Waals surface area contributed by atoms with Crippen LogP contribution in [0.15, 0.2) is 24.4 Å². The minimum atomic E-state index is -0.220. The first-order chi connectivity index (χ1) is 9.99. The summed E-state index contributed by atoms with van der Waals surface area (Å²) in [4.78, 5) is 16.2. The van der Waals surface area contributed by atoms with Crippen molar-refractivity contribution in [1.82, 2.24) is 20.1 Å². The van der Waals surface area contributed by atoms with E-state index in [-0.39, 0.29) is 11.9 Å². The van der Waals surface area contributed by atoms with E-state index < -0.39 is 0 Å². The summed E-state index contributed by atoms with van der Waals surface area (Å²) < 4.78 is 6.98. The molecule has 2 rings (SSSR count). The molecule has 0 fully saturated rings. The number of methoxy groups -OCH3 is 1. The molecule has 2 heterocycles. The first-order valence-corrected chi connectivity index (χ1v) is 6.81. The minimum absolute atomic E-state index is 0.0523. The zero-order valence-electron chi connectivity index (χ0n) is 12.8. The Morgan fingerprint density at radius 1 is 1.43 bits per heavy atom. The Bertz CT molecular complexity index is 636. The summed E-state index contributed by atoms with van der Waals surface area (Å²) >= 11 is 0. The number of amides is 1. The van der Waals surface area contributed by atoms with Crippen LogP contribution in [-0.2, 0) is 6.54 Å². The second-order valence-corrected chi connectivity index (χ2v) is 5.06. The molecule has 1 N–H and O–H groups in total. The summed E-state index contributed by atoms with van der Waals surface area (Å²) in [6, 6.07) is 5.28. The first-order valence-electron chi connectivity index (χ1n) is 6.81. The average Bonchev–Trinajstić information content (AvgIpc) is 2.76. The van der Waals surface area contributed by atoms with E-state index in [1.54, 1.807) is 25.4 Å². The monoisotopic (exact) mass is 288 g/mol. The number of nitrogens with zero attached hydrogens (tertiary/aromatic N) is 3. The number of hydrogen-bond donors (Lipinski definition) is 1. The maximum absolute atomic E-state index is 12.1. The summed E-state index contributed by atoms with van der Waals surface area (Å²) in [6.45, 7) is 6.51. The van der Waals surface area contributed by atoms with Crippen LogP contribution in [0.25, 0.3) is 0 Å². The lowest BCUT2D eigenvalue weighted by Gasteiger charge is -2.15. The highest BCUT2D eigenvalue weighted by Crippen LogP contribution is 2.10. The van der Waals surface area contributed by atoms with Crippen LogP contribution in [0.3, 0.4) is 0 Å². The summed E-state index contributed by atoms with van der Waals surface area (Å²) in [6.07, 6.45) is 1.55. The molecule has 0 radical (unpaired) electrons. The summed E-state index contributed by atoms with van der Waals surface area (Å²) in [7, 11) is 1.56. The number of ether oxygens (including phenoxy) is 1. The predicted molar refractivity (Wildman–Crippen MR) is 79.4 cm³/mol. The number of rotatable bonds is 5.